The number of aromatic nitrogens is 2. The van der Waals surface area contributed by atoms with Gasteiger partial charge in [0.2, 0.25) is 5.95 Å². The van der Waals surface area contributed by atoms with Gasteiger partial charge >= 0.3 is 0 Å². The van der Waals surface area contributed by atoms with Crippen LogP contribution >= 0.6 is 0 Å². The SMILES string of the molecule is C[C@H](CO)Nc1nc(NCCC2CCNCC2)cc(C2CC2)n1. The molecule has 0 bridgehead atoms. The molecule has 1 aromatic heterocycles. The zero-order valence-corrected chi connectivity index (χ0v) is 14.0. The second kappa shape index (κ2) is 7.93. The standard InChI is InChI=1S/C17H29N5O/c1-12(11-23)20-17-21-15(14-2-3-14)10-16(22-17)19-9-6-13-4-7-18-8-5-13/h10,12-14,18,23H,2-9,11H2,1H3,(H2,19,20,21,22)/t12-/m1/s1. The van der Waals surface area contributed by atoms with Crippen molar-refractivity contribution in [3.8, 4) is 0 Å². The molecule has 2 aliphatic rings. The Morgan fingerprint density at radius 3 is 2.74 bits per heavy atom. The fourth-order valence-electron chi connectivity index (χ4n) is 3.05. The fraction of sp³-hybridized carbons (Fsp3) is 0.765. The van der Waals surface area contributed by atoms with Crippen molar-refractivity contribution in [1.82, 2.24) is 15.3 Å². The molecule has 6 heteroatoms. The van der Waals surface area contributed by atoms with Gasteiger partial charge in [-0.05, 0) is 58.0 Å². The molecule has 0 radical (unpaired) electrons. The van der Waals surface area contributed by atoms with Crippen molar-refractivity contribution >= 4 is 11.8 Å². The molecule has 23 heavy (non-hydrogen) atoms. The van der Waals surface area contributed by atoms with E-state index in [1.165, 1.54) is 32.1 Å². The third-order valence-corrected chi connectivity index (χ3v) is 4.71. The van der Waals surface area contributed by atoms with Gasteiger partial charge in [0, 0.05) is 24.6 Å². The van der Waals surface area contributed by atoms with Crippen molar-refractivity contribution in [3.05, 3.63) is 11.8 Å². The second-order valence-electron chi connectivity index (χ2n) is 6.91. The molecule has 128 valence electrons. The first kappa shape index (κ1) is 16.5. The lowest BCUT2D eigenvalue weighted by atomic mass is 9.95. The van der Waals surface area contributed by atoms with Gasteiger partial charge in [0.05, 0.1) is 12.3 Å². The Balaban J connectivity index is 1.58. The van der Waals surface area contributed by atoms with E-state index in [9.17, 15) is 5.11 Å². The number of piperidine rings is 1. The number of aliphatic hydroxyl groups excluding tert-OH is 1. The van der Waals surface area contributed by atoms with Gasteiger partial charge in [0.15, 0.2) is 0 Å². The van der Waals surface area contributed by atoms with E-state index in [1.807, 2.05) is 6.92 Å². The molecule has 2 fully saturated rings. The number of anilines is 2. The van der Waals surface area contributed by atoms with E-state index in [4.69, 9.17) is 0 Å². The monoisotopic (exact) mass is 319 g/mol. The van der Waals surface area contributed by atoms with Gasteiger partial charge in [-0.2, -0.15) is 4.98 Å². The van der Waals surface area contributed by atoms with Crippen molar-refractivity contribution in [1.29, 1.82) is 0 Å². The highest BCUT2D eigenvalue weighted by Crippen LogP contribution is 2.39. The van der Waals surface area contributed by atoms with Crippen LogP contribution < -0.4 is 16.0 Å². The Bertz CT molecular complexity index is 500. The average molecular weight is 319 g/mol. The van der Waals surface area contributed by atoms with Crippen LogP contribution in [0.3, 0.4) is 0 Å². The van der Waals surface area contributed by atoms with E-state index in [-0.39, 0.29) is 12.6 Å². The highest BCUT2D eigenvalue weighted by Gasteiger charge is 2.26. The minimum atomic E-state index is -0.0351. The van der Waals surface area contributed by atoms with Crippen LogP contribution in [0.1, 0.15) is 50.6 Å². The molecule has 1 aliphatic heterocycles. The first-order chi connectivity index (χ1) is 11.2. The Morgan fingerprint density at radius 2 is 2.04 bits per heavy atom. The summed E-state index contributed by atoms with van der Waals surface area (Å²) in [5.41, 5.74) is 1.12. The lowest BCUT2D eigenvalue weighted by Crippen LogP contribution is -2.28. The molecule has 1 saturated carbocycles. The molecule has 2 heterocycles. The molecule has 4 N–H and O–H groups in total. The maximum atomic E-state index is 9.20. The maximum Gasteiger partial charge on any atom is 0.225 e. The number of nitrogens with zero attached hydrogens (tertiary/aromatic N) is 2. The molecule has 1 aliphatic carbocycles. The van der Waals surface area contributed by atoms with Gasteiger partial charge in [0.1, 0.15) is 5.82 Å². The predicted molar refractivity (Wildman–Crippen MR) is 92.9 cm³/mol. The normalized spacial score (nSPS) is 20.3. The third-order valence-electron chi connectivity index (χ3n) is 4.71. The minimum Gasteiger partial charge on any atom is -0.394 e. The smallest absolute Gasteiger partial charge is 0.225 e. The van der Waals surface area contributed by atoms with Crippen LogP contribution in [0.15, 0.2) is 6.07 Å². The molecule has 3 rings (SSSR count). The van der Waals surface area contributed by atoms with E-state index in [2.05, 4.69) is 32.0 Å². The summed E-state index contributed by atoms with van der Waals surface area (Å²) in [6, 6.07) is 2.06. The molecule has 1 atom stereocenters. The van der Waals surface area contributed by atoms with Gasteiger partial charge in [-0.15, -0.1) is 0 Å². The first-order valence-corrected chi connectivity index (χ1v) is 8.95. The topological polar surface area (TPSA) is 82.1 Å². The summed E-state index contributed by atoms with van der Waals surface area (Å²) in [5.74, 6) is 2.94. The Morgan fingerprint density at radius 1 is 1.26 bits per heavy atom. The van der Waals surface area contributed by atoms with Crippen molar-refractivity contribution in [2.24, 2.45) is 5.92 Å². The molecule has 1 saturated heterocycles. The summed E-state index contributed by atoms with van der Waals surface area (Å²) in [6.07, 6.45) is 6.19. The highest BCUT2D eigenvalue weighted by atomic mass is 16.3. The number of rotatable bonds is 8. The summed E-state index contributed by atoms with van der Waals surface area (Å²) < 4.78 is 0. The van der Waals surface area contributed by atoms with Gasteiger partial charge < -0.3 is 21.1 Å². The highest BCUT2D eigenvalue weighted by molar-refractivity contribution is 5.44. The number of hydrogen-bond donors (Lipinski definition) is 4. The van der Waals surface area contributed by atoms with Crippen molar-refractivity contribution in [2.45, 2.75) is 51.0 Å². The van der Waals surface area contributed by atoms with Crippen LogP contribution in [-0.2, 0) is 0 Å². The molecule has 0 spiro atoms. The van der Waals surface area contributed by atoms with E-state index >= 15 is 0 Å². The van der Waals surface area contributed by atoms with E-state index in [0.717, 1.165) is 37.1 Å². The summed E-state index contributed by atoms with van der Waals surface area (Å²) in [4.78, 5) is 9.16. The van der Waals surface area contributed by atoms with Gasteiger partial charge in [-0.3, -0.25) is 0 Å². The van der Waals surface area contributed by atoms with Crippen LogP contribution in [0, 0.1) is 5.92 Å². The van der Waals surface area contributed by atoms with E-state index < -0.39 is 0 Å². The number of nitrogens with one attached hydrogen (secondary N) is 3. The van der Waals surface area contributed by atoms with Crippen LogP contribution in [0.4, 0.5) is 11.8 Å². The predicted octanol–water partition coefficient (Wildman–Crippen LogP) is 1.95. The lowest BCUT2D eigenvalue weighted by Gasteiger charge is -2.22. The molecule has 0 aromatic carbocycles. The molecular formula is C17H29N5O. The molecule has 0 unspecified atom stereocenters. The first-order valence-electron chi connectivity index (χ1n) is 8.95. The van der Waals surface area contributed by atoms with Crippen molar-refractivity contribution in [3.63, 3.8) is 0 Å². The maximum absolute atomic E-state index is 9.20. The number of aliphatic hydroxyl groups is 1. The minimum absolute atomic E-state index is 0.0351. The fourth-order valence-corrected chi connectivity index (χ4v) is 3.05. The average Bonchev–Trinajstić information content (AvgIpc) is 3.40. The van der Waals surface area contributed by atoms with Crippen LogP contribution in [-0.4, -0.2) is 47.4 Å². The molecule has 1 aromatic rings. The van der Waals surface area contributed by atoms with E-state index in [1.54, 1.807) is 0 Å². The second-order valence-corrected chi connectivity index (χ2v) is 6.91. The summed E-state index contributed by atoms with van der Waals surface area (Å²) in [7, 11) is 0. The van der Waals surface area contributed by atoms with Gasteiger partial charge in [-0.1, -0.05) is 0 Å². The molecule has 0 amide bonds. The van der Waals surface area contributed by atoms with Crippen molar-refractivity contribution in [2.75, 3.05) is 36.9 Å². The summed E-state index contributed by atoms with van der Waals surface area (Å²) in [6.45, 7) is 5.27. The summed E-state index contributed by atoms with van der Waals surface area (Å²) >= 11 is 0. The molecular weight excluding hydrogens is 290 g/mol. The van der Waals surface area contributed by atoms with Crippen molar-refractivity contribution < 1.29 is 5.11 Å². The zero-order valence-electron chi connectivity index (χ0n) is 14.0. The Hall–Kier alpha value is -1.40. The largest absolute Gasteiger partial charge is 0.394 e. The van der Waals surface area contributed by atoms with Crippen LogP contribution in [0.5, 0.6) is 0 Å². The van der Waals surface area contributed by atoms with Crippen LogP contribution in [0.2, 0.25) is 0 Å². The molecule has 6 nitrogen and oxygen atoms in total. The zero-order chi connectivity index (χ0) is 16.1. The van der Waals surface area contributed by atoms with E-state index in [0.29, 0.717) is 11.9 Å². The Labute approximate surface area is 138 Å². The van der Waals surface area contributed by atoms with Gasteiger partial charge in [0.25, 0.3) is 0 Å². The summed E-state index contributed by atoms with van der Waals surface area (Å²) in [5, 5.41) is 19.3. The van der Waals surface area contributed by atoms with Crippen LogP contribution in [0.25, 0.3) is 0 Å². The quantitative estimate of drug-likeness (QED) is 0.586. The lowest BCUT2D eigenvalue weighted by molar-refractivity contribution is 0.281. The Kier molecular flexibility index (Phi) is 5.67. The number of hydrogen-bond acceptors (Lipinski definition) is 6. The van der Waals surface area contributed by atoms with Gasteiger partial charge in [-0.25, -0.2) is 4.98 Å². The third kappa shape index (κ3) is 5.04.